The lowest BCUT2D eigenvalue weighted by atomic mass is 9.93. The first-order valence-electron chi connectivity index (χ1n) is 10.2. The fourth-order valence-electron chi connectivity index (χ4n) is 4.92. The summed E-state index contributed by atoms with van der Waals surface area (Å²) in [6.45, 7) is 7.29. The number of para-hydroxylation sites is 1. The van der Waals surface area contributed by atoms with Crippen molar-refractivity contribution in [3.63, 3.8) is 0 Å². The van der Waals surface area contributed by atoms with Crippen LogP contribution in [-0.2, 0) is 19.6 Å². The monoisotopic (exact) mass is 400 g/mol. The molecule has 1 saturated carbocycles. The molecule has 28 heavy (non-hydrogen) atoms. The van der Waals surface area contributed by atoms with Gasteiger partial charge in [0.15, 0.2) is 0 Å². The first-order valence-corrected chi connectivity index (χ1v) is 10.2. The molecular formula is C22H29ClN4O. The molecule has 1 spiro atoms. The summed E-state index contributed by atoms with van der Waals surface area (Å²) in [5, 5.41) is 4.76. The minimum Gasteiger partial charge on any atom is -0.464 e. The Balaban J connectivity index is 0.00000192. The maximum absolute atomic E-state index is 5.81. The van der Waals surface area contributed by atoms with Gasteiger partial charge in [-0.2, -0.15) is 0 Å². The zero-order valence-electron chi connectivity index (χ0n) is 16.4. The molecule has 1 aliphatic carbocycles. The first-order chi connectivity index (χ1) is 13.3. The second-order valence-electron chi connectivity index (χ2n) is 8.12. The molecule has 150 valence electrons. The van der Waals surface area contributed by atoms with Crippen LogP contribution in [0.4, 0.5) is 0 Å². The molecule has 0 radical (unpaired) electrons. The highest BCUT2D eigenvalue weighted by Crippen LogP contribution is 2.56. The molecule has 0 bridgehead atoms. The maximum Gasteiger partial charge on any atom is 0.134 e. The van der Waals surface area contributed by atoms with Crippen LogP contribution in [-0.4, -0.2) is 33.6 Å². The van der Waals surface area contributed by atoms with Gasteiger partial charge in [-0.05, 0) is 50.8 Å². The fraction of sp³-hybridized carbons (Fsp3) is 0.500. The van der Waals surface area contributed by atoms with Crippen LogP contribution in [0.25, 0.3) is 11.0 Å². The van der Waals surface area contributed by atoms with Gasteiger partial charge in [0.05, 0.1) is 12.8 Å². The fourth-order valence-corrected chi connectivity index (χ4v) is 4.92. The van der Waals surface area contributed by atoms with E-state index in [2.05, 4.69) is 51.1 Å². The smallest absolute Gasteiger partial charge is 0.134 e. The topological polar surface area (TPSA) is 46.2 Å². The highest BCUT2D eigenvalue weighted by molar-refractivity contribution is 5.85. The van der Waals surface area contributed by atoms with Crippen molar-refractivity contribution in [3.8, 4) is 0 Å². The zero-order valence-corrected chi connectivity index (χ0v) is 17.3. The Morgan fingerprint density at radius 2 is 2.07 bits per heavy atom. The summed E-state index contributed by atoms with van der Waals surface area (Å²) < 4.78 is 8.07. The molecule has 5 nitrogen and oxygen atoms in total. The lowest BCUT2D eigenvalue weighted by Gasteiger charge is -2.29. The quantitative estimate of drug-likeness (QED) is 0.673. The number of fused-ring (bicyclic) bond motifs is 1. The van der Waals surface area contributed by atoms with E-state index in [1.54, 1.807) is 0 Å². The number of furan rings is 1. The first kappa shape index (κ1) is 19.5. The molecule has 2 fully saturated rings. The third kappa shape index (κ3) is 3.47. The Morgan fingerprint density at radius 3 is 2.89 bits per heavy atom. The lowest BCUT2D eigenvalue weighted by molar-refractivity contribution is 0.182. The Labute approximate surface area is 172 Å². The van der Waals surface area contributed by atoms with Crippen molar-refractivity contribution < 1.29 is 4.42 Å². The Hall–Kier alpha value is -1.82. The van der Waals surface area contributed by atoms with Gasteiger partial charge < -0.3 is 14.3 Å². The Bertz CT molecular complexity index is 927. The predicted molar refractivity (Wildman–Crippen MR) is 114 cm³/mol. The summed E-state index contributed by atoms with van der Waals surface area (Å²) in [5.74, 6) is 1.17. The van der Waals surface area contributed by atoms with Crippen LogP contribution in [0.2, 0.25) is 0 Å². The lowest BCUT2D eigenvalue weighted by Crippen LogP contribution is -2.36. The van der Waals surface area contributed by atoms with Gasteiger partial charge in [-0.25, -0.2) is 4.98 Å². The maximum atomic E-state index is 5.81. The van der Waals surface area contributed by atoms with Crippen LogP contribution in [0, 0.1) is 5.41 Å². The molecule has 1 atom stereocenters. The van der Waals surface area contributed by atoms with Crippen molar-refractivity contribution in [2.75, 3.05) is 13.1 Å². The summed E-state index contributed by atoms with van der Waals surface area (Å²) in [6, 6.07) is 9.01. The molecule has 6 heteroatoms. The molecule has 1 unspecified atom stereocenters. The van der Waals surface area contributed by atoms with E-state index >= 15 is 0 Å². The number of aromatic nitrogens is 2. The van der Waals surface area contributed by atoms with Crippen LogP contribution in [0.5, 0.6) is 0 Å². The highest BCUT2D eigenvalue weighted by Gasteiger charge is 2.56. The molecule has 1 aliphatic heterocycles. The summed E-state index contributed by atoms with van der Waals surface area (Å²) in [7, 11) is 0. The predicted octanol–water partition coefficient (Wildman–Crippen LogP) is 4.22. The van der Waals surface area contributed by atoms with Crippen LogP contribution in [0.15, 0.2) is 47.3 Å². The van der Waals surface area contributed by atoms with Crippen molar-refractivity contribution in [2.45, 2.75) is 51.9 Å². The summed E-state index contributed by atoms with van der Waals surface area (Å²) in [6.07, 6.45) is 9.87. The van der Waals surface area contributed by atoms with Gasteiger partial charge >= 0.3 is 0 Å². The largest absolute Gasteiger partial charge is 0.464 e. The number of hydrogen-bond donors (Lipinski definition) is 1. The van der Waals surface area contributed by atoms with Gasteiger partial charge in [0.2, 0.25) is 0 Å². The minimum atomic E-state index is 0. The van der Waals surface area contributed by atoms with Crippen LogP contribution in [0.1, 0.15) is 37.6 Å². The number of nitrogens with one attached hydrogen (secondary N) is 1. The average Bonchev–Trinajstić information content (AvgIpc) is 3.06. The Kier molecular flexibility index (Phi) is 5.50. The molecule has 2 aliphatic rings. The van der Waals surface area contributed by atoms with Crippen LogP contribution < -0.4 is 5.32 Å². The number of rotatable bonds is 6. The molecule has 3 aromatic rings. The van der Waals surface area contributed by atoms with Crippen LogP contribution in [0.3, 0.4) is 0 Å². The molecule has 5 rings (SSSR count). The van der Waals surface area contributed by atoms with Crippen LogP contribution >= 0.6 is 12.4 Å². The third-order valence-corrected chi connectivity index (χ3v) is 6.61. The van der Waals surface area contributed by atoms with Crippen molar-refractivity contribution in [2.24, 2.45) is 5.41 Å². The zero-order chi connectivity index (χ0) is 18.3. The van der Waals surface area contributed by atoms with Gasteiger partial charge in [0, 0.05) is 42.5 Å². The number of imidazole rings is 1. The third-order valence-electron chi connectivity index (χ3n) is 6.61. The number of aryl methyl sites for hydroxylation is 1. The molecule has 1 N–H and O–H groups in total. The van der Waals surface area contributed by atoms with Gasteiger partial charge in [0.25, 0.3) is 0 Å². The van der Waals surface area contributed by atoms with Crippen molar-refractivity contribution >= 4 is 23.4 Å². The van der Waals surface area contributed by atoms with Crippen molar-refractivity contribution in [1.29, 1.82) is 0 Å². The van der Waals surface area contributed by atoms with Gasteiger partial charge in [-0.3, -0.25) is 4.90 Å². The molecule has 1 saturated heterocycles. The number of piperidine rings is 1. The molecule has 0 amide bonds. The molecular weight excluding hydrogens is 372 g/mol. The second kappa shape index (κ2) is 7.90. The van der Waals surface area contributed by atoms with Crippen molar-refractivity contribution in [1.82, 2.24) is 19.8 Å². The molecule has 1 aromatic carbocycles. The molecule has 3 heterocycles. The SMILES string of the molecule is CCn1ccnc1CN(Cc1coc2ccccc12)C1CC12CCNCC2.Cl. The van der Waals surface area contributed by atoms with Gasteiger partial charge in [-0.1, -0.05) is 18.2 Å². The van der Waals surface area contributed by atoms with Gasteiger partial charge in [0.1, 0.15) is 11.4 Å². The summed E-state index contributed by atoms with van der Waals surface area (Å²) in [5.41, 5.74) is 2.78. The van der Waals surface area contributed by atoms with E-state index in [0.29, 0.717) is 11.5 Å². The van der Waals surface area contributed by atoms with E-state index in [0.717, 1.165) is 38.3 Å². The molecule has 2 aromatic heterocycles. The highest BCUT2D eigenvalue weighted by atomic mass is 35.5. The van der Waals surface area contributed by atoms with Gasteiger partial charge in [-0.15, -0.1) is 12.4 Å². The van der Waals surface area contributed by atoms with E-state index in [4.69, 9.17) is 4.42 Å². The number of hydrogen-bond acceptors (Lipinski definition) is 4. The second-order valence-corrected chi connectivity index (χ2v) is 8.12. The van der Waals surface area contributed by atoms with E-state index in [1.165, 1.54) is 36.0 Å². The van der Waals surface area contributed by atoms with E-state index < -0.39 is 0 Å². The number of nitrogens with zero attached hydrogens (tertiary/aromatic N) is 3. The standard InChI is InChI=1S/C22H28N4O.ClH/c1-2-25-12-11-24-21(25)15-26(20-13-22(20)7-9-23-10-8-22)14-17-16-27-19-6-4-3-5-18(17)19;/h3-6,11-12,16,20,23H,2,7-10,13-15H2,1H3;1H. The normalized spacial score (nSPS) is 20.6. The average molecular weight is 401 g/mol. The minimum absolute atomic E-state index is 0. The van der Waals surface area contributed by atoms with E-state index in [1.807, 2.05) is 18.5 Å². The van der Waals surface area contributed by atoms with E-state index in [9.17, 15) is 0 Å². The number of benzene rings is 1. The summed E-state index contributed by atoms with van der Waals surface area (Å²) in [4.78, 5) is 7.30. The van der Waals surface area contributed by atoms with Crippen molar-refractivity contribution in [3.05, 3.63) is 54.3 Å². The summed E-state index contributed by atoms with van der Waals surface area (Å²) >= 11 is 0. The van der Waals surface area contributed by atoms with E-state index in [-0.39, 0.29) is 12.4 Å². The number of halogens is 1. The Morgan fingerprint density at radius 1 is 1.25 bits per heavy atom.